The minimum Gasteiger partial charge on any atom is -0.287 e. The molecule has 0 spiro atoms. The van der Waals surface area contributed by atoms with E-state index in [1.165, 1.54) is 16.7 Å². The summed E-state index contributed by atoms with van der Waals surface area (Å²) in [5.41, 5.74) is 0.644. The number of hydrogen-bond acceptors (Lipinski definition) is 5. The molecule has 1 aromatic carbocycles. The quantitative estimate of drug-likeness (QED) is 0.431. The number of hydrogen-bond donors (Lipinski definition) is 0. The highest BCUT2D eigenvalue weighted by atomic mass is 32.2. The number of imide groups is 1. The van der Waals surface area contributed by atoms with Gasteiger partial charge in [0.15, 0.2) is 5.16 Å². The largest absolute Gasteiger partial charge is 0.287 e. The molecule has 0 N–H and O–H groups in total. The van der Waals surface area contributed by atoms with Gasteiger partial charge in [0.1, 0.15) is 0 Å². The number of likely N-dealkylation sites (tertiary alicyclic amines) is 1. The van der Waals surface area contributed by atoms with Crippen molar-refractivity contribution < 1.29 is 9.59 Å². The van der Waals surface area contributed by atoms with E-state index >= 15 is 0 Å². The summed E-state index contributed by atoms with van der Waals surface area (Å²) in [5.74, 6) is 0.315. The zero-order valence-corrected chi connectivity index (χ0v) is 15.1. The molecule has 2 amide bonds. The molecule has 132 valence electrons. The number of unbranched alkanes of at least 4 members (excludes halogenated alkanes) is 1. The van der Waals surface area contributed by atoms with Crippen molar-refractivity contribution in [3.05, 3.63) is 34.6 Å². The van der Waals surface area contributed by atoms with Gasteiger partial charge in [-0.3, -0.25) is 23.9 Å². The zero-order chi connectivity index (χ0) is 17.8. The number of benzene rings is 1. The van der Waals surface area contributed by atoms with E-state index in [9.17, 15) is 14.4 Å². The molecule has 0 unspecified atom stereocenters. The van der Waals surface area contributed by atoms with Crippen molar-refractivity contribution in [3.8, 4) is 0 Å². The Hall–Kier alpha value is -2.15. The van der Waals surface area contributed by atoms with E-state index in [0.717, 1.165) is 12.8 Å². The predicted octanol–water partition coefficient (Wildman–Crippen LogP) is 2.44. The second kappa shape index (κ2) is 7.82. The zero-order valence-electron chi connectivity index (χ0n) is 14.2. The number of carbonyl (C=O) groups is 2. The fraction of sp³-hybridized carbons (Fsp3) is 0.444. The van der Waals surface area contributed by atoms with Gasteiger partial charge in [0.05, 0.1) is 10.9 Å². The molecule has 6 nitrogen and oxygen atoms in total. The number of aromatic nitrogens is 2. The third-order valence-electron chi connectivity index (χ3n) is 4.26. The van der Waals surface area contributed by atoms with Crippen molar-refractivity contribution in [2.45, 2.75) is 44.3 Å². The molecule has 25 heavy (non-hydrogen) atoms. The maximum absolute atomic E-state index is 12.8. The minimum absolute atomic E-state index is 0.0325. The third-order valence-corrected chi connectivity index (χ3v) is 5.22. The summed E-state index contributed by atoms with van der Waals surface area (Å²) in [4.78, 5) is 42.1. The first-order valence-corrected chi connectivity index (χ1v) is 9.56. The van der Waals surface area contributed by atoms with Crippen molar-refractivity contribution in [2.75, 3.05) is 12.3 Å². The summed E-state index contributed by atoms with van der Waals surface area (Å²) in [6.07, 6.45) is 2.49. The van der Waals surface area contributed by atoms with Gasteiger partial charge in [0.25, 0.3) is 5.56 Å². The number of nitrogens with zero attached hydrogens (tertiary/aromatic N) is 3. The lowest BCUT2D eigenvalue weighted by Gasteiger charge is -2.15. The minimum atomic E-state index is -0.111. The summed E-state index contributed by atoms with van der Waals surface area (Å²) in [6, 6.07) is 7.33. The normalized spacial score (nSPS) is 14.7. The van der Waals surface area contributed by atoms with E-state index < -0.39 is 0 Å². The van der Waals surface area contributed by atoms with Crippen LogP contribution in [-0.4, -0.2) is 38.6 Å². The van der Waals surface area contributed by atoms with Crippen LogP contribution in [0.1, 0.15) is 32.6 Å². The van der Waals surface area contributed by atoms with Crippen LogP contribution < -0.4 is 5.56 Å². The fourth-order valence-electron chi connectivity index (χ4n) is 2.87. The topological polar surface area (TPSA) is 72.3 Å². The monoisotopic (exact) mass is 359 g/mol. The maximum atomic E-state index is 12.8. The summed E-state index contributed by atoms with van der Waals surface area (Å²) in [6.45, 7) is 3.06. The summed E-state index contributed by atoms with van der Waals surface area (Å²) in [7, 11) is 0. The third kappa shape index (κ3) is 3.76. The van der Waals surface area contributed by atoms with Gasteiger partial charge in [-0.25, -0.2) is 4.98 Å². The van der Waals surface area contributed by atoms with Crippen molar-refractivity contribution in [2.24, 2.45) is 0 Å². The Kier molecular flexibility index (Phi) is 5.53. The van der Waals surface area contributed by atoms with Crippen molar-refractivity contribution in [1.82, 2.24) is 14.5 Å². The van der Waals surface area contributed by atoms with Crippen LogP contribution in [0.15, 0.2) is 34.2 Å². The molecule has 0 saturated carbocycles. The van der Waals surface area contributed by atoms with Gasteiger partial charge in [-0.1, -0.05) is 37.2 Å². The summed E-state index contributed by atoms with van der Waals surface area (Å²) >= 11 is 1.42. The van der Waals surface area contributed by atoms with Crippen molar-refractivity contribution in [3.63, 3.8) is 0 Å². The average Bonchev–Trinajstić information content (AvgIpc) is 2.93. The van der Waals surface area contributed by atoms with Crippen LogP contribution in [0.4, 0.5) is 0 Å². The Morgan fingerprint density at radius 1 is 1.08 bits per heavy atom. The van der Waals surface area contributed by atoms with Crippen LogP contribution >= 0.6 is 11.8 Å². The molecule has 7 heteroatoms. The second-order valence-corrected chi connectivity index (χ2v) is 7.07. The van der Waals surface area contributed by atoms with Crippen LogP contribution in [0.2, 0.25) is 0 Å². The molecule has 1 aromatic heterocycles. The molecule has 0 radical (unpaired) electrons. The Bertz CT molecular complexity index is 846. The highest BCUT2D eigenvalue weighted by Gasteiger charge is 2.28. The van der Waals surface area contributed by atoms with Crippen LogP contribution in [-0.2, 0) is 16.1 Å². The van der Waals surface area contributed by atoms with E-state index in [2.05, 4.69) is 11.9 Å². The molecular formula is C18H21N3O3S. The smallest absolute Gasteiger partial charge is 0.262 e. The molecule has 0 atom stereocenters. The van der Waals surface area contributed by atoms with Gasteiger partial charge in [-0.15, -0.1) is 0 Å². The first-order chi connectivity index (χ1) is 12.1. The lowest BCUT2D eigenvalue weighted by molar-refractivity contribution is -0.137. The van der Waals surface area contributed by atoms with Gasteiger partial charge in [0, 0.05) is 31.7 Å². The van der Waals surface area contributed by atoms with E-state index in [1.54, 1.807) is 10.6 Å². The molecule has 1 fully saturated rings. The Balaban J connectivity index is 1.82. The summed E-state index contributed by atoms with van der Waals surface area (Å²) in [5, 5.41) is 1.27. The van der Waals surface area contributed by atoms with Crippen molar-refractivity contribution >= 4 is 34.5 Å². The van der Waals surface area contributed by atoms with Crippen LogP contribution in [0.25, 0.3) is 10.9 Å². The number of thioether (sulfide) groups is 1. The molecule has 1 saturated heterocycles. The Labute approximate surface area is 150 Å². The van der Waals surface area contributed by atoms with Gasteiger partial charge in [-0.2, -0.15) is 0 Å². The predicted molar refractivity (Wildman–Crippen MR) is 97.6 cm³/mol. The maximum Gasteiger partial charge on any atom is 0.262 e. The van der Waals surface area contributed by atoms with E-state index in [-0.39, 0.29) is 17.4 Å². The van der Waals surface area contributed by atoms with Crippen molar-refractivity contribution in [1.29, 1.82) is 0 Å². The van der Waals surface area contributed by atoms with Gasteiger partial charge >= 0.3 is 0 Å². The molecule has 0 aliphatic carbocycles. The molecule has 1 aliphatic rings. The molecule has 1 aliphatic heterocycles. The van der Waals surface area contributed by atoms with E-state index in [0.29, 0.717) is 47.7 Å². The number of carbonyl (C=O) groups excluding carboxylic acids is 2. The molecule has 0 bridgehead atoms. The van der Waals surface area contributed by atoms with Gasteiger partial charge < -0.3 is 0 Å². The van der Waals surface area contributed by atoms with Gasteiger partial charge in [0.2, 0.25) is 11.8 Å². The first-order valence-electron chi connectivity index (χ1n) is 8.57. The van der Waals surface area contributed by atoms with Crippen LogP contribution in [0.3, 0.4) is 0 Å². The molecule has 2 aromatic rings. The highest BCUT2D eigenvalue weighted by molar-refractivity contribution is 7.99. The molecule has 3 rings (SSSR count). The van der Waals surface area contributed by atoms with E-state index in [4.69, 9.17) is 0 Å². The number of fused-ring (bicyclic) bond motifs is 1. The standard InChI is InChI=1S/C18H21N3O3S/c1-2-3-10-21-17(24)13-6-4-5-7-14(13)19-18(21)25-12-11-20-15(22)8-9-16(20)23/h4-7H,2-3,8-12H2,1H3. The first kappa shape index (κ1) is 17.7. The van der Waals surface area contributed by atoms with Gasteiger partial charge in [-0.05, 0) is 18.6 Å². The lowest BCUT2D eigenvalue weighted by Crippen LogP contribution is -2.31. The highest BCUT2D eigenvalue weighted by Crippen LogP contribution is 2.20. The SMILES string of the molecule is CCCCn1c(SCCN2C(=O)CCC2=O)nc2ccccc2c1=O. The van der Waals surface area contributed by atoms with Crippen LogP contribution in [0.5, 0.6) is 0 Å². The Morgan fingerprint density at radius 3 is 2.52 bits per heavy atom. The number of para-hydroxylation sites is 1. The molecule has 2 heterocycles. The average molecular weight is 359 g/mol. The molecular weight excluding hydrogens is 338 g/mol. The summed E-state index contributed by atoms with van der Waals surface area (Å²) < 4.78 is 1.71. The fourth-order valence-corrected chi connectivity index (χ4v) is 3.82. The Morgan fingerprint density at radius 2 is 1.80 bits per heavy atom. The van der Waals surface area contributed by atoms with E-state index in [1.807, 2.05) is 18.2 Å². The lowest BCUT2D eigenvalue weighted by atomic mass is 10.2. The van der Waals surface area contributed by atoms with Crippen LogP contribution in [0, 0.1) is 0 Å². The second-order valence-electron chi connectivity index (χ2n) is 6.01. The number of amides is 2. The number of rotatable bonds is 7.